The van der Waals surface area contributed by atoms with Gasteiger partial charge in [-0.05, 0) is 18.2 Å². The molecule has 0 aliphatic carbocycles. The molecule has 0 bridgehead atoms. The highest BCUT2D eigenvalue weighted by Gasteiger charge is 2.35. The molecule has 3 N–H and O–H groups in total. The first kappa shape index (κ1) is 14.4. The summed E-state index contributed by atoms with van der Waals surface area (Å²) < 4.78 is 5.34. The normalized spacial score (nSPS) is 15.8. The van der Waals surface area contributed by atoms with Crippen LogP contribution in [0.1, 0.15) is 5.56 Å². The molecular weight excluding hydrogens is 298 g/mol. The molecule has 0 saturated carbocycles. The van der Waals surface area contributed by atoms with Gasteiger partial charge in [-0.1, -0.05) is 5.92 Å². The molecule has 0 radical (unpaired) electrons. The largest absolute Gasteiger partial charge is 0.477 e. The van der Waals surface area contributed by atoms with Crippen LogP contribution in [0.4, 0.5) is 0 Å². The fourth-order valence-electron chi connectivity index (χ4n) is 2.22. The van der Waals surface area contributed by atoms with E-state index in [-0.39, 0.29) is 18.2 Å². The van der Waals surface area contributed by atoms with Gasteiger partial charge in [-0.3, -0.25) is 4.79 Å². The molecule has 0 unspecified atom stereocenters. The zero-order valence-corrected chi connectivity index (χ0v) is 11.8. The zero-order valence-electron chi connectivity index (χ0n) is 11.8. The Morgan fingerprint density at radius 3 is 3.13 bits per heavy atom. The summed E-state index contributed by atoms with van der Waals surface area (Å²) in [7, 11) is 0. The van der Waals surface area contributed by atoms with Gasteiger partial charge in [-0.15, -0.1) is 6.42 Å². The number of rotatable bonds is 4. The lowest BCUT2D eigenvalue weighted by Gasteiger charge is -2.04. The molecule has 0 saturated heterocycles. The Bertz CT molecular complexity index is 915. The number of allylic oxidation sites excluding steroid dienone is 1. The van der Waals surface area contributed by atoms with Crippen molar-refractivity contribution in [1.82, 2.24) is 15.3 Å². The van der Waals surface area contributed by atoms with Crippen molar-refractivity contribution < 1.29 is 19.4 Å². The number of hydrogen-bond donors (Lipinski definition) is 3. The van der Waals surface area contributed by atoms with Crippen molar-refractivity contribution in [3.8, 4) is 12.3 Å². The summed E-state index contributed by atoms with van der Waals surface area (Å²) in [6.07, 6.45) is 9.89. The quantitative estimate of drug-likeness (QED) is 0.442. The molecule has 114 valence electrons. The number of Topliss-reactive ketones (excluding diaryl/α,β-unsaturated/α-hetero) is 1. The van der Waals surface area contributed by atoms with Crippen molar-refractivity contribution in [2.75, 3.05) is 6.54 Å². The average Bonchev–Trinajstić information content (AvgIpc) is 3.08. The van der Waals surface area contributed by atoms with Gasteiger partial charge >= 0.3 is 5.97 Å². The van der Waals surface area contributed by atoms with Crippen LogP contribution in [-0.2, 0) is 14.3 Å². The maximum Gasteiger partial charge on any atom is 0.345 e. The lowest BCUT2D eigenvalue weighted by Crippen LogP contribution is -2.18. The van der Waals surface area contributed by atoms with Crippen molar-refractivity contribution in [1.29, 1.82) is 0 Å². The highest BCUT2D eigenvalue weighted by atomic mass is 16.5. The third-order valence-electron chi connectivity index (χ3n) is 3.22. The molecule has 0 atom stereocenters. The van der Waals surface area contributed by atoms with E-state index in [4.69, 9.17) is 11.2 Å². The number of hydrogen-bond acceptors (Lipinski definition) is 5. The molecule has 23 heavy (non-hydrogen) atoms. The van der Waals surface area contributed by atoms with Gasteiger partial charge in [0.15, 0.2) is 11.3 Å². The van der Waals surface area contributed by atoms with E-state index in [2.05, 4.69) is 21.2 Å². The number of nitrogens with zero attached hydrogens (tertiary/aromatic N) is 1. The first-order valence-electron chi connectivity index (χ1n) is 6.63. The summed E-state index contributed by atoms with van der Waals surface area (Å²) in [5, 5.41) is 12.6. The molecule has 0 aromatic carbocycles. The van der Waals surface area contributed by atoms with Gasteiger partial charge in [0.1, 0.15) is 5.65 Å². The number of carbonyl (C=O) groups is 2. The van der Waals surface area contributed by atoms with Crippen molar-refractivity contribution in [3.63, 3.8) is 0 Å². The molecule has 2 aromatic heterocycles. The third-order valence-corrected chi connectivity index (χ3v) is 3.22. The number of pyridine rings is 1. The number of aliphatic carboxylic acids is 1. The minimum absolute atomic E-state index is 0.0453. The molecule has 3 rings (SSSR count). The lowest BCUT2D eigenvalue weighted by molar-refractivity contribution is -0.134. The van der Waals surface area contributed by atoms with Gasteiger partial charge in [0.25, 0.3) is 0 Å². The van der Waals surface area contributed by atoms with Gasteiger partial charge in [-0.2, -0.15) is 0 Å². The molecule has 1 aliphatic heterocycles. The number of carboxylic acid groups (broad SMARTS) is 1. The number of fused-ring (bicyclic) bond motifs is 1. The summed E-state index contributed by atoms with van der Waals surface area (Å²) >= 11 is 0. The van der Waals surface area contributed by atoms with Crippen LogP contribution in [0.15, 0.2) is 41.7 Å². The minimum Gasteiger partial charge on any atom is -0.477 e. The number of nitrogens with one attached hydrogen (secondary N) is 2. The fraction of sp³-hybridized carbons (Fsp3) is 0.0625. The molecular formula is C16H11N3O4. The van der Waals surface area contributed by atoms with Gasteiger partial charge in [0.2, 0.25) is 11.7 Å². The molecule has 7 heteroatoms. The first-order valence-corrected chi connectivity index (χ1v) is 6.63. The Balaban J connectivity index is 1.98. The van der Waals surface area contributed by atoms with E-state index in [9.17, 15) is 14.7 Å². The van der Waals surface area contributed by atoms with Gasteiger partial charge < -0.3 is 20.1 Å². The second-order valence-electron chi connectivity index (χ2n) is 4.65. The van der Waals surface area contributed by atoms with Crippen LogP contribution in [-0.4, -0.2) is 33.4 Å². The molecule has 1 aliphatic rings. The summed E-state index contributed by atoms with van der Waals surface area (Å²) in [5.41, 5.74) is 0.853. The SMILES string of the molecule is C#CCNC1=C(C(=O)O)C(=O)/C(=C/c2c[nH]c3ncccc23)O1. The summed E-state index contributed by atoms with van der Waals surface area (Å²) in [6.45, 7) is 0.0453. The van der Waals surface area contributed by atoms with E-state index in [0.29, 0.717) is 11.2 Å². The summed E-state index contributed by atoms with van der Waals surface area (Å²) in [4.78, 5) is 30.6. The second kappa shape index (κ2) is 5.69. The Morgan fingerprint density at radius 1 is 1.57 bits per heavy atom. The molecule has 7 nitrogen and oxygen atoms in total. The Kier molecular flexibility index (Phi) is 3.57. The average molecular weight is 309 g/mol. The number of ether oxygens (including phenoxy) is 1. The number of H-pyrrole nitrogens is 1. The van der Waals surface area contributed by atoms with E-state index >= 15 is 0 Å². The van der Waals surface area contributed by atoms with Crippen LogP contribution in [0.25, 0.3) is 17.1 Å². The molecule has 3 heterocycles. The van der Waals surface area contributed by atoms with E-state index < -0.39 is 17.3 Å². The Morgan fingerprint density at radius 2 is 2.39 bits per heavy atom. The van der Waals surface area contributed by atoms with Crippen molar-refractivity contribution in [2.45, 2.75) is 0 Å². The van der Waals surface area contributed by atoms with Crippen LogP contribution < -0.4 is 5.32 Å². The number of carboxylic acids is 1. The highest BCUT2D eigenvalue weighted by molar-refractivity contribution is 6.26. The number of terminal acetylenes is 1. The van der Waals surface area contributed by atoms with Gasteiger partial charge in [-0.25, -0.2) is 9.78 Å². The fourth-order valence-corrected chi connectivity index (χ4v) is 2.22. The zero-order chi connectivity index (χ0) is 16.4. The van der Waals surface area contributed by atoms with Crippen LogP contribution in [0, 0.1) is 12.3 Å². The van der Waals surface area contributed by atoms with E-state index in [0.717, 1.165) is 5.39 Å². The third kappa shape index (κ3) is 2.53. The van der Waals surface area contributed by atoms with Gasteiger partial charge in [0.05, 0.1) is 6.54 Å². The highest BCUT2D eigenvalue weighted by Crippen LogP contribution is 2.27. The number of aromatic nitrogens is 2. The smallest absolute Gasteiger partial charge is 0.345 e. The monoisotopic (exact) mass is 309 g/mol. The van der Waals surface area contributed by atoms with Crippen molar-refractivity contribution >= 4 is 28.9 Å². The van der Waals surface area contributed by atoms with E-state index in [1.807, 2.05) is 6.07 Å². The molecule has 0 spiro atoms. The minimum atomic E-state index is -1.38. The lowest BCUT2D eigenvalue weighted by atomic mass is 10.1. The summed E-state index contributed by atoms with van der Waals surface area (Å²) in [5.74, 6) is -0.0373. The van der Waals surface area contributed by atoms with Crippen LogP contribution in [0.5, 0.6) is 0 Å². The Labute approximate surface area is 130 Å². The topological polar surface area (TPSA) is 104 Å². The molecule has 0 fully saturated rings. The van der Waals surface area contributed by atoms with Crippen molar-refractivity contribution in [2.24, 2.45) is 0 Å². The van der Waals surface area contributed by atoms with E-state index in [1.165, 1.54) is 6.08 Å². The standard InChI is InChI=1S/C16H11N3O4/c1-2-5-18-15-12(16(21)22)13(20)11(23-15)7-9-8-19-14-10(9)4-3-6-17-14/h1,3-4,6-8,18H,5H2,(H,17,19)(H,21,22)/b11-7-. The van der Waals surface area contributed by atoms with Gasteiger partial charge in [0, 0.05) is 23.3 Å². The second-order valence-corrected chi connectivity index (χ2v) is 4.65. The van der Waals surface area contributed by atoms with Crippen LogP contribution in [0.3, 0.4) is 0 Å². The maximum atomic E-state index is 12.2. The summed E-state index contributed by atoms with van der Waals surface area (Å²) in [6, 6.07) is 3.59. The number of aromatic amines is 1. The number of ketones is 1. The molecule has 2 aromatic rings. The predicted molar refractivity (Wildman–Crippen MR) is 81.7 cm³/mol. The van der Waals surface area contributed by atoms with Crippen LogP contribution in [0.2, 0.25) is 0 Å². The predicted octanol–water partition coefficient (Wildman–Crippen LogP) is 1.02. The van der Waals surface area contributed by atoms with Crippen LogP contribution >= 0.6 is 0 Å². The number of carbonyl (C=O) groups excluding carboxylic acids is 1. The van der Waals surface area contributed by atoms with Crippen molar-refractivity contribution in [3.05, 3.63) is 47.3 Å². The Hall–Kier alpha value is -3.53. The molecule has 0 amide bonds. The first-order chi connectivity index (χ1) is 11.1. The maximum absolute atomic E-state index is 12.2. The van der Waals surface area contributed by atoms with E-state index in [1.54, 1.807) is 18.5 Å².